The molecular weight excluding hydrogens is 430 g/mol. The summed E-state index contributed by atoms with van der Waals surface area (Å²) in [6, 6.07) is 3.63. The van der Waals surface area contributed by atoms with Gasteiger partial charge in [-0.05, 0) is 51.3 Å². The molecule has 0 aromatic carbocycles. The Hall–Kier alpha value is -2.72. The van der Waals surface area contributed by atoms with Crippen LogP contribution in [0.4, 0.5) is 0 Å². The highest BCUT2D eigenvalue weighted by Crippen LogP contribution is 2.27. The summed E-state index contributed by atoms with van der Waals surface area (Å²) in [4.78, 5) is 44.6. The van der Waals surface area contributed by atoms with Gasteiger partial charge in [0.05, 0.1) is 16.6 Å². The van der Waals surface area contributed by atoms with Crippen LogP contribution in [0.25, 0.3) is 0 Å². The second-order valence-electron chi connectivity index (χ2n) is 8.23. The van der Waals surface area contributed by atoms with Gasteiger partial charge in [0.25, 0.3) is 12.4 Å². The number of carbonyl (C=O) groups is 3. The number of amides is 2. The molecule has 2 aliphatic rings. The van der Waals surface area contributed by atoms with Gasteiger partial charge < -0.3 is 25.6 Å². The van der Waals surface area contributed by atoms with Crippen molar-refractivity contribution in [2.75, 3.05) is 26.7 Å². The minimum atomic E-state index is -0.250. The predicted molar refractivity (Wildman–Crippen MR) is 122 cm³/mol. The maximum absolute atomic E-state index is 12.7. The standard InChI is InChI=1S/C21H29N5O2S.CH2O2/c1-26-12-14(7-8-15(13-26)24-21(28)17-5-3-10-22-17)20(27)23-11-9-19-25-16-4-2-6-18(16)29-19;2-1-3/h3,5,10,14-15,22H,2,4,6-9,11-13H2,1H3,(H,23,27)(H,24,28);1H,(H,2,3)/t14-,15+;/m1./s1. The Morgan fingerprint density at radius 1 is 1.34 bits per heavy atom. The number of hydrogen-bond acceptors (Lipinski definition) is 6. The molecule has 2 amide bonds. The molecule has 0 radical (unpaired) electrons. The number of hydrogen-bond donors (Lipinski definition) is 4. The van der Waals surface area contributed by atoms with E-state index in [4.69, 9.17) is 14.9 Å². The van der Waals surface area contributed by atoms with Gasteiger partial charge >= 0.3 is 0 Å². The number of aromatic amines is 1. The highest BCUT2D eigenvalue weighted by atomic mass is 32.1. The van der Waals surface area contributed by atoms with E-state index in [1.54, 1.807) is 23.6 Å². The molecule has 1 aliphatic heterocycles. The Kier molecular flexibility index (Phi) is 8.81. The third-order valence-electron chi connectivity index (χ3n) is 5.75. The maximum Gasteiger partial charge on any atom is 0.290 e. The van der Waals surface area contributed by atoms with Crippen LogP contribution in [0.1, 0.15) is 45.3 Å². The van der Waals surface area contributed by atoms with Gasteiger partial charge in [-0.15, -0.1) is 11.3 Å². The van der Waals surface area contributed by atoms with Crippen LogP contribution in [-0.2, 0) is 28.9 Å². The lowest BCUT2D eigenvalue weighted by Gasteiger charge is -2.21. The van der Waals surface area contributed by atoms with E-state index < -0.39 is 0 Å². The van der Waals surface area contributed by atoms with E-state index in [9.17, 15) is 9.59 Å². The molecule has 0 spiro atoms. The smallest absolute Gasteiger partial charge is 0.290 e. The zero-order valence-corrected chi connectivity index (χ0v) is 19.1. The molecule has 32 heavy (non-hydrogen) atoms. The highest BCUT2D eigenvalue weighted by Gasteiger charge is 2.27. The third-order valence-corrected chi connectivity index (χ3v) is 6.97. The molecule has 174 valence electrons. The summed E-state index contributed by atoms with van der Waals surface area (Å²) in [6.45, 7) is 1.85. The van der Waals surface area contributed by atoms with Crippen molar-refractivity contribution in [2.24, 2.45) is 5.92 Å². The molecule has 1 saturated heterocycles. The molecule has 0 saturated carbocycles. The van der Waals surface area contributed by atoms with Crippen LogP contribution >= 0.6 is 11.3 Å². The fraction of sp³-hybridized carbons (Fsp3) is 0.545. The summed E-state index contributed by atoms with van der Waals surface area (Å²) in [6.07, 6.45) is 7.62. The zero-order chi connectivity index (χ0) is 22.9. The van der Waals surface area contributed by atoms with Crippen LogP contribution in [0.2, 0.25) is 0 Å². The quantitative estimate of drug-likeness (QED) is 0.483. The summed E-state index contributed by atoms with van der Waals surface area (Å²) in [5, 5.41) is 14.2. The number of carboxylic acid groups (broad SMARTS) is 1. The first kappa shape index (κ1) is 23.9. The van der Waals surface area contributed by atoms with Crippen molar-refractivity contribution in [3.05, 3.63) is 39.6 Å². The summed E-state index contributed by atoms with van der Waals surface area (Å²) < 4.78 is 0. The Morgan fingerprint density at radius 2 is 2.16 bits per heavy atom. The molecule has 0 unspecified atom stereocenters. The molecule has 4 N–H and O–H groups in total. The molecule has 1 aliphatic carbocycles. The number of likely N-dealkylation sites (tertiary alicyclic amines) is 1. The molecule has 2 aromatic heterocycles. The van der Waals surface area contributed by atoms with E-state index in [1.807, 2.05) is 13.1 Å². The van der Waals surface area contributed by atoms with Crippen molar-refractivity contribution in [3.63, 3.8) is 0 Å². The van der Waals surface area contributed by atoms with Crippen LogP contribution < -0.4 is 10.6 Å². The van der Waals surface area contributed by atoms with Gasteiger partial charge in [-0.1, -0.05) is 0 Å². The lowest BCUT2D eigenvalue weighted by molar-refractivity contribution is -0.125. The minimum Gasteiger partial charge on any atom is -0.483 e. The van der Waals surface area contributed by atoms with Crippen LogP contribution in [0.5, 0.6) is 0 Å². The fourth-order valence-corrected chi connectivity index (χ4v) is 5.42. The van der Waals surface area contributed by atoms with E-state index in [0.717, 1.165) is 43.7 Å². The number of H-pyrrole nitrogens is 1. The topological polar surface area (TPSA) is 127 Å². The zero-order valence-electron chi connectivity index (χ0n) is 18.3. The Balaban J connectivity index is 0.000000913. The van der Waals surface area contributed by atoms with Crippen LogP contribution in [0.15, 0.2) is 18.3 Å². The van der Waals surface area contributed by atoms with Gasteiger partial charge in [0.15, 0.2) is 0 Å². The van der Waals surface area contributed by atoms with Gasteiger partial charge in [-0.2, -0.15) is 0 Å². The van der Waals surface area contributed by atoms with Crippen molar-refractivity contribution in [1.29, 1.82) is 0 Å². The van der Waals surface area contributed by atoms with Crippen molar-refractivity contribution < 1.29 is 19.5 Å². The number of carbonyl (C=O) groups excluding carboxylic acids is 2. The van der Waals surface area contributed by atoms with E-state index in [1.165, 1.54) is 17.0 Å². The highest BCUT2D eigenvalue weighted by molar-refractivity contribution is 7.11. The molecule has 2 atom stereocenters. The normalized spacial score (nSPS) is 20.4. The molecule has 0 bridgehead atoms. The lowest BCUT2D eigenvalue weighted by Crippen LogP contribution is -2.42. The summed E-state index contributed by atoms with van der Waals surface area (Å²) in [5.41, 5.74) is 1.84. The van der Waals surface area contributed by atoms with Gasteiger partial charge in [0.1, 0.15) is 5.69 Å². The number of aromatic nitrogens is 2. The number of aryl methyl sites for hydroxylation is 2. The summed E-state index contributed by atoms with van der Waals surface area (Å²) >= 11 is 1.80. The van der Waals surface area contributed by atoms with Crippen LogP contribution in [0.3, 0.4) is 0 Å². The Morgan fingerprint density at radius 3 is 2.88 bits per heavy atom. The SMILES string of the molecule is CN1C[C@@H](NC(=O)c2ccc[nH]2)CC[C@@H](C(=O)NCCc2nc3c(s2)CCC3)C1.O=CO. The second kappa shape index (κ2) is 11.8. The van der Waals surface area contributed by atoms with Gasteiger partial charge in [-0.25, -0.2) is 4.98 Å². The van der Waals surface area contributed by atoms with Crippen molar-refractivity contribution >= 4 is 29.6 Å². The van der Waals surface area contributed by atoms with Crippen LogP contribution in [-0.4, -0.2) is 71.0 Å². The molecule has 2 aromatic rings. The van der Waals surface area contributed by atoms with Crippen LogP contribution in [0, 0.1) is 5.92 Å². The lowest BCUT2D eigenvalue weighted by atomic mass is 10.0. The van der Waals surface area contributed by atoms with Crippen molar-refractivity contribution in [2.45, 2.75) is 44.6 Å². The van der Waals surface area contributed by atoms with E-state index >= 15 is 0 Å². The first-order chi connectivity index (χ1) is 15.5. The van der Waals surface area contributed by atoms with E-state index in [-0.39, 0.29) is 30.2 Å². The number of likely N-dealkylation sites (N-methyl/N-ethyl adjacent to an activating group) is 1. The number of nitrogens with zero attached hydrogens (tertiary/aromatic N) is 2. The molecular formula is C22H31N5O4S. The summed E-state index contributed by atoms with van der Waals surface area (Å²) in [5.74, 6) is -0.0300. The number of rotatable bonds is 6. The largest absolute Gasteiger partial charge is 0.483 e. The maximum atomic E-state index is 12.7. The summed E-state index contributed by atoms with van der Waals surface area (Å²) in [7, 11) is 2.01. The van der Waals surface area contributed by atoms with Gasteiger partial charge in [0.2, 0.25) is 5.91 Å². The average molecular weight is 462 g/mol. The monoisotopic (exact) mass is 461 g/mol. The molecule has 3 heterocycles. The molecule has 10 heteroatoms. The van der Waals surface area contributed by atoms with Gasteiger partial charge in [0, 0.05) is 43.2 Å². The fourth-order valence-electron chi connectivity index (χ4n) is 4.27. The average Bonchev–Trinajstić information content (AvgIpc) is 3.47. The van der Waals surface area contributed by atoms with E-state index in [0.29, 0.717) is 18.8 Å². The van der Waals surface area contributed by atoms with Crippen molar-refractivity contribution in [3.8, 4) is 0 Å². The van der Waals surface area contributed by atoms with Crippen molar-refractivity contribution in [1.82, 2.24) is 25.5 Å². The molecule has 9 nitrogen and oxygen atoms in total. The van der Waals surface area contributed by atoms with Gasteiger partial charge in [-0.3, -0.25) is 14.4 Å². The third kappa shape index (κ3) is 6.64. The number of nitrogens with one attached hydrogen (secondary N) is 3. The van der Waals surface area contributed by atoms with E-state index in [2.05, 4.69) is 20.5 Å². The second-order valence-corrected chi connectivity index (χ2v) is 9.40. The Bertz CT molecular complexity index is 877. The Labute approximate surface area is 191 Å². The predicted octanol–water partition coefficient (Wildman–Crippen LogP) is 1.46. The molecule has 1 fully saturated rings. The first-order valence-electron chi connectivity index (χ1n) is 11.0. The molecule has 4 rings (SSSR count). The number of fused-ring (bicyclic) bond motifs is 1. The number of thiazole rings is 1. The first-order valence-corrected chi connectivity index (χ1v) is 11.8. The minimum absolute atomic E-state index is 0.0475.